The highest BCUT2D eigenvalue weighted by Crippen LogP contribution is 2.44. The quantitative estimate of drug-likeness (QED) is 0.383. The molecule has 35 heavy (non-hydrogen) atoms. The van der Waals surface area contributed by atoms with Crippen LogP contribution in [0, 0.1) is 5.82 Å². The zero-order chi connectivity index (χ0) is 25.1. The van der Waals surface area contributed by atoms with Crippen LogP contribution in [0.2, 0.25) is 5.02 Å². The molecule has 1 amide bonds. The van der Waals surface area contributed by atoms with Crippen LogP contribution >= 0.6 is 11.6 Å². The van der Waals surface area contributed by atoms with Crippen molar-refractivity contribution in [3.8, 4) is 5.95 Å². The smallest absolute Gasteiger partial charge is 0.383 e. The molecule has 0 bridgehead atoms. The maximum atomic E-state index is 13.5. The van der Waals surface area contributed by atoms with E-state index in [4.69, 9.17) is 17.3 Å². The number of halogens is 5. The molecule has 3 heterocycles. The van der Waals surface area contributed by atoms with Crippen molar-refractivity contribution in [2.45, 2.75) is 31.4 Å². The first-order valence-electron chi connectivity index (χ1n) is 10.5. The molecule has 0 saturated heterocycles. The molecular formula is C23H17ClF4N6O. The predicted molar refractivity (Wildman–Crippen MR) is 122 cm³/mol. The molecule has 180 valence electrons. The highest BCUT2D eigenvalue weighted by atomic mass is 35.5. The summed E-state index contributed by atoms with van der Waals surface area (Å²) in [7, 11) is 0. The number of anilines is 2. The second-order valence-electron chi connectivity index (χ2n) is 8.35. The standard InChI is InChI=1S/C23H17ClF4N6O/c1-22(11-2-5-13(25)6-3-11)17-18(29)30-21(32-19(17)31-20(22)35)34-16-7-4-12(24)10-14(16)15(33-34)8-9-23(26,27)28/h2-7,10H,8-9H2,1H3,(H3,29,30,31,32,35). The summed E-state index contributed by atoms with van der Waals surface area (Å²) in [5.41, 5.74) is 6.41. The van der Waals surface area contributed by atoms with Crippen LogP contribution in [-0.4, -0.2) is 31.8 Å². The van der Waals surface area contributed by atoms with Gasteiger partial charge in [-0.05, 0) is 42.8 Å². The van der Waals surface area contributed by atoms with Gasteiger partial charge in [-0.2, -0.15) is 32.9 Å². The molecule has 0 spiro atoms. The van der Waals surface area contributed by atoms with E-state index >= 15 is 0 Å². The van der Waals surface area contributed by atoms with Gasteiger partial charge in [0, 0.05) is 23.3 Å². The first kappa shape index (κ1) is 23.0. The third-order valence-corrected chi connectivity index (χ3v) is 6.32. The summed E-state index contributed by atoms with van der Waals surface area (Å²) in [6.07, 6.45) is -5.80. The fourth-order valence-electron chi connectivity index (χ4n) is 4.30. The van der Waals surface area contributed by atoms with Crippen LogP contribution in [0.1, 0.15) is 30.2 Å². The van der Waals surface area contributed by atoms with E-state index in [9.17, 15) is 22.4 Å². The number of aromatic nitrogens is 4. The number of aryl methyl sites for hydroxylation is 1. The van der Waals surface area contributed by atoms with Crippen LogP contribution in [-0.2, 0) is 16.6 Å². The fourth-order valence-corrected chi connectivity index (χ4v) is 4.47. The number of hydrogen-bond acceptors (Lipinski definition) is 5. The number of fused-ring (bicyclic) bond motifs is 2. The van der Waals surface area contributed by atoms with Crippen LogP contribution in [0.5, 0.6) is 0 Å². The molecule has 3 N–H and O–H groups in total. The Bertz CT molecular complexity index is 1480. The Morgan fingerprint density at radius 3 is 2.54 bits per heavy atom. The Kier molecular flexibility index (Phi) is 5.20. The molecule has 5 rings (SSSR count). The maximum Gasteiger partial charge on any atom is 0.389 e. The van der Waals surface area contributed by atoms with Gasteiger partial charge < -0.3 is 11.1 Å². The van der Waals surface area contributed by atoms with Crippen LogP contribution in [0.15, 0.2) is 42.5 Å². The summed E-state index contributed by atoms with van der Waals surface area (Å²) in [5.74, 6) is -0.804. The van der Waals surface area contributed by atoms with Gasteiger partial charge in [0.1, 0.15) is 22.9 Å². The molecule has 0 radical (unpaired) electrons. The van der Waals surface area contributed by atoms with Crippen LogP contribution in [0.25, 0.3) is 16.9 Å². The number of alkyl halides is 3. The summed E-state index contributed by atoms with van der Waals surface area (Å²) < 4.78 is 53.3. The van der Waals surface area contributed by atoms with Crippen molar-refractivity contribution in [3.05, 3.63) is 70.1 Å². The number of nitrogens with one attached hydrogen (secondary N) is 1. The normalized spacial score (nSPS) is 17.6. The molecule has 12 heteroatoms. The zero-order valence-corrected chi connectivity index (χ0v) is 18.9. The second-order valence-corrected chi connectivity index (χ2v) is 8.79. The summed E-state index contributed by atoms with van der Waals surface area (Å²) in [5, 5.41) is 7.76. The van der Waals surface area contributed by atoms with Crippen LogP contribution < -0.4 is 11.1 Å². The minimum absolute atomic E-state index is 0.0235. The molecule has 4 aromatic rings. The van der Waals surface area contributed by atoms with Crippen LogP contribution in [0.3, 0.4) is 0 Å². The molecule has 1 atom stereocenters. The molecule has 2 aromatic carbocycles. The Morgan fingerprint density at radius 2 is 1.86 bits per heavy atom. The second kappa shape index (κ2) is 7.91. The molecule has 1 aliphatic rings. The fraction of sp³-hybridized carbons (Fsp3) is 0.217. The highest BCUT2D eigenvalue weighted by molar-refractivity contribution is 6.31. The molecule has 0 aliphatic carbocycles. The van der Waals surface area contributed by atoms with Gasteiger partial charge in [-0.3, -0.25) is 4.79 Å². The maximum absolute atomic E-state index is 13.5. The van der Waals surface area contributed by atoms with Crippen molar-refractivity contribution in [3.63, 3.8) is 0 Å². The number of carbonyl (C=O) groups is 1. The van der Waals surface area contributed by atoms with Gasteiger partial charge in [0.05, 0.1) is 16.8 Å². The lowest BCUT2D eigenvalue weighted by Crippen LogP contribution is -2.33. The minimum atomic E-state index is -4.36. The zero-order valence-electron chi connectivity index (χ0n) is 18.1. The molecule has 1 aliphatic heterocycles. The van der Waals surface area contributed by atoms with Crippen molar-refractivity contribution < 1.29 is 22.4 Å². The lowest BCUT2D eigenvalue weighted by molar-refractivity contribution is -0.134. The van der Waals surface area contributed by atoms with E-state index in [2.05, 4.69) is 20.4 Å². The number of nitrogens with two attached hydrogens (primary N) is 1. The summed E-state index contributed by atoms with van der Waals surface area (Å²) in [6.45, 7) is 1.63. The number of carbonyl (C=O) groups excluding carboxylic acids is 1. The van der Waals surface area contributed by atoms with E-state index < -0.39 is 29.7 Å². The van der Waals surface area contributed by atoms with Crippen LogP contribution in [0.4, 0.5) is 29.2 Å². The number of nitrogens with zero attached hydrogens (tertiary/aromatic N) is 4. The Morgan fingerprint density at radius 1 is 1.14 bits per heavy atom. The Balaban J connectivity index is 1.64. The molecular weight excluding hydrogens is 488 g/mol. The number of hydrogen-bond donors (Lipinski definition) is 2. The van der Waals surface area contributed by atoms with E-state index in [0.717, 1.165) is 0 Å². The third kappa shape index (κ3) is 3.85. The predicted octanol–water partition coefficient (Wildman–Crippen LogP) is 4.94. The SMILES string of the molecule is CC1(c2ccc(F)cc2)C(=O)Nc2nc(-n3nc(CCC(F)(F)F)c4cc(Cl)ccc43)nc(N)c21. The number of rotatable bonds is 4. The topological polar surface area (TPSA) is 98.7 Å². The largest absolute Gasteiger partial charge is 0.389 e. The molecule has 1 unspecified atom stereocenters. The average Bonchev–Trinajstić information content (AvgIpc) is 3.27. The average molecular weight is 505 g/mol. The third-order valence-electron chi connectivity index (χ3n) is 6.09. The van der Waals surface area contributed by atoms with Gasteiger partial charge in [-0.15, -0.1) is 0 Å². The van der Waals surface area contributed by atoms with Gasteiger partial charge in [0.15, 0.2) is 0 Å². The van der Waals surface area contributed by atoms with Crippen molar-refractivity contribution in [2.75, 3.05) is 11.1 Å². The van der Waals surface area contributed by atoms with Crippen molar-refractivity contribution in [1.29, 1.82) is 0 Å². The van der Waals surface area contributed by atoms with Crippen molar-refractivity contribution >= 4 is 40.0 Å². The van der Waals surface area contributed by atoms with E-state index in [-0.39, 0.29) is 29.7 Å². The monoisotopic (exact) mass is 504 g/mol. The number of benzene rings is 2. The lowest BCUT2D eigenvalue weighted by Gasteiger charge is -2.23. The van der Waals surface area contributed by atoms with Gasteiger partial charge in [-0.1, -0.05) is 23.7 Å². The van der Waals surface area contributed by atoms with Gasteiger partial charge in [-0.25, -0.2) is 4.39 Å². The minimum Gasteiger partial charge on any atom is -0.383 e. The first-order chi connectivity index (χ1) is 16.5. The first-order valence-corrected chi connectivity index (χ1v) is 10.8. The number of amides is 1. The van der Waals surface area contributed by atoms with Crippen molar-refractivity contribution in [2.24, 2.45) is 0 Å². The van der Waals surface area contributed by atoms with E-state index in [1.807, 2.05) is 0 Å². The highest BCUT2D eigenvalue weighted by Gasteiger charge is 2.47. The van der Waals surface area contributed by atoms with E-state index in [0.29, 0.717) is 27.1 Å². The van der Waals surface area contributed by atoms with Gasteiger partial charge >= 0.3 is 6.18 Å². The summed E-state index contributed by atoms with van der Waals surface area (Å²) >= 11 is 6.07. The number of nitrogen functional groups attached to an aromatic ring is 1. The van der Waals surface area contributed by atoms with E-state index in [1.165, 1.54) is 35.0 Å². The van der Waals surface area contributed by atoms with Gasteiger partial charge in [0.25, 0.3) is 5.95 Å². The summed E-state index contributed by atoms with van der Waals surface area (Å²) in [6, 6.07) is 10.1. The molecule has 7 nitrogen and oxygen atoms in total. The summed E-state index contributed by atoms with van der Waals surface area (Å²) in [4.78, 5) is 21.7. The van der Waals surface area contributed by atoms with E-state index in [1.54, 1.807) is 19.1 Å². The molecule has 2 aromatic heterocycles. The van der Waals surface area contributed by atoms with Gasteiger partial charge in [0.2, 0.25) is 5.91 Å². The van der Waals surface area contributed by atoms with Crippen molar-refractivity contribution in [1.82, 2.24) is 19.7 Å². The lowest BCUT2D eigenvalue weighted by atomic mass is 9.78. The Hall–Kier alpha value is -3.73. The Labute approximate surface area is 200 Å². The molecule has 0 fully saturated rings. The molecule has 0 saturated carbocycles.